The minimum absolute atomic E-state index is 0.0972. The van der Waals surface area contributed by atoms with Crippen molar-refractivity contribution >= 4 is 0 Å². The van der Waals surface area contributed by atoms with Gasteiger partial charge in [0.05, 0.1) is 19.8 Å². The molecule has 0 aliphatic carbocycles. The highest BCUT2D eigenvalue weighted by atomic mass is 16.3. The van der Waals surface area contributed by atoms with Crippen LogP contribution >= 0.6 is 0 Å². The molecule has 0 aliphatic heterocycles. The highest BCUT2D eigenvalue weighted by molar-refractivity contribution is 4.35. The first kappa shape index (κ1) is 21.1. The Morgan fingerprint density at radius 1 is 1.06 bits per heavy atom. The summed E-state index contributed by atoms with van der Waals surface area (Å²) in [4.78, 5) is 1.93. The maximum absolute atomic E-state index is 8.20. The fourth-order valence-corrected chi connectivity index (χ4v) is 0.456. The van der Waals surface area contributed by atoms with Gasteiger partial charge in [0.2, 0.25) is 0 Å². The van der Waals surface area contributed by atoms with Crippen molar-refractivity contribution < 1.29 is 15.3 Å². The number of rotatable bonds is 6. The summed E-state index contributed by atoms with van der Waals surface area (Å²) >= 11 is 0. The molecule has 0 radical (unpaired) electrons. The summed E-state index contributed by atoms with van der Waals surface area (Å²) in [6.07, 6.45) is 0. The topological polar surface area (TPSA) is 102 Å². The molecule has 0 fully saturated rings. The zero-order valence-corrected chi connectivity index (χ0v) is 10.8. The molecule has 102 valence electrons. The monoisotopic (exact) mass is 239 g/mol. The van der Waals surface area contributed by atoms with Gasteiger partial charge in [-0.15, -0.1) is 0 Å². The first-order chi connectivity index (χ1) is 7.60. The van der Waals surface area contributed by atoms with Crippen LogP contribution in [0.3, 0.4) is 0 Å². The average molecular weight is 239 g/mol. The van der Waals surface area contributed by atoms with Crippen molar-refractivity contribution in [2.75, 3.05) is 60.1 Å². The normalized spacial score (nSPS) is 9.00. The number of nitrogens with zero attached hydrogens (tertiary/aromatic N) is 1. The van der Waals surface area contributed by atoms with Crippen LogP contribution in [0.5, 0.6) is 0 Å². The number of nitrogens with two attached hydrogens (primary N) is 1. The lowest BCUT2D eigenvalue weighted by atomic mass is 10.6. The maximum Gasteiger partial charge on any atom is 0.0558 e. The van der Waals surface area contributed by atoms with Crippen LogP contribution in [0.25, 0.3) is 0 Å². The second-order valence-electron chi connectivity index (χ2n) is 3.12. The molecule has 0 amide bonds. The van der Waals surface area contributed by atoms with Crippen LogP contribution in [0.4, 0.5) is 0 Å². The molecule has 0 unspecified atom stereocenters. The molecule has 0 bridgehead atoms. The third-order valence-electron chi connectivity index (χ3n) is 1.21. The van der Waals surface area contributed by atoms with Crippen molar-refractivity contribution in [3.8, 4) is 0 Å². The molecule has 16 heavy (non-hydrogen) atoms. The second-order valence-corrected chi connectivity index (χ2v) is 3.12. The van der Waals surface area contributed by atoms with Gasteiger partial charge in [-0.3, -0.25) is 0 Å². The van der Waals surface area contributed by atoms with Gasteiger partial charge in [0.1, 0.15) is 0 Å². The Balaban J connectivity index is -0.000000162. The van der Waals surface area contributed by atoms with E-state index >= 15 is 0 Å². The first-order valence-corrected chi connectivity index (χ1v) is 5.48. The Hall–Kier alpha value is -0.240. The number of hydrogen-bond acceptors (Lipinski definition) is 6. The Labute approximate surface area is 99.1 Å². The molecule has 0 saturated heterocycles. The fraction of sp³-hybridized carbons (Fsp3) is 1.00. The van der Waals surface area contributed by atoms with Crippen LogP contribution in [0, 0.1) is 0 Å². The van der Waals surface area contributed by atoms with E-state index < -0.39 is 0 Å². The molecule has 0 spiro atoms. The predicted molar refractivity (Wildman–Crippen MR) is 67.4 cm³/mol. The molecule has 0 aromatic carbocycles. The molecular weight excluding hydrogens is 210 g/mol. The van der Waals surface area contributed by atoms with Gasteiger partial charge in [-0.05, 0) is 20.6 Å². The zero-order valence-electron chi connectivity index (χ0n) is 10.8. The number of nitrogens with one attached hydrogen (secondary N) is 1. The molecule has 0 atom stereocenters. The zero-order chi connectivity index (χ0) is 13.2. The minimum atomic E-state index is 0.0972. The van der Waals surface area contributed by atoms with Gasteiger partial charge in [0.15, 0.2) is 0 Å². The Kier molecular flexibility index (Phi) is 31.8. The van der Waals surface area contributed by atoms with Crippen LogP contribution in [0.1, 0.15) is 6.92 Å². The maximum atomic E-state index is 8.20. The van der Waals surface area contributed by atoms with Gasteiger partial charge in [-0.25, -0.2) is 0 Å². The van der Waals surface area contributed by atoms with Crippen LogP contribution in [-0.4, -0.2) is 80.3 Å². The molecule has 6 N–H and O–H groups in total. The van der Waals surface area contributed by atoms with E-state index in [1.54, 1.807) is 0 Å². The summed E-state index contributed by atoms with van der Waals surface area (Å²) in [5, 5.41) is 27.0. The lowest BCUT2D eigenvalue weighted by Gasteiger charge is -2.03. The Morgan fingerprint density at radius 3 is 1.62 bits per heavy atom. The third-order valence-corrected chi connectivity index (χ3v) is 1.21. The van der Waals surface area contributed by atoms with Gasteiger partial charge in [0, 0.05) is 19.6 Å². The molecule has 0 heterocycles. The lowest BCUT2D eigenvalue weighted by Crippen LogP contribution is -2.16. The van der Waals surface area contributed by atoms with Crippen LogP contribution < -0.4 is 11.1 Å². The number of aliphatic hydroxyl groups is 3. The minimum Gasteiger partial charge on any atom is -0.395 e. The van der Waals surface area contributed by atoms with Crippen LogP contribution in [-0.2, 0) is 0 Å². The van der Waals surface area contributed by atoms with Gasteiger partial charge in [-0.2, -0.15) is 0 Å². The van der Waals surface area contributed by atoms with Crippen molar-refractivity contribution in [2.24, 2.45) is 5.73 Å². The van der Waals surface area contributed by atoms with Gasteiger partial charge in [0.25, 0.3) is 0 Å². The smallest absolute Gasteiger partial charge is 0.0558 e. The van der Waals surface area contributed by atoms with Crippen LogP contribution in [0.15, 0.2) is 0 Å². The summed E-state index contributed by atoms with van der Waals surface area (Å²) in [6, 6.07) is 0. The number of hydrogen-bond donors (Lipinski definition) is 5. The predicted octanol–water partition coefficient (Wildman–Crippen LogP) is -1.93. The van der Waals surface area contributed by atoms with Crippen LogP contribution in [0.2, 0.25) is 0 Å². The second kappa shape index (κ2) is 24.1. The van der Waals surface area contributed by atoms with E-state index in [9.17, 15) is 0 Å². The Bertz CT molecular complexity index is 89.4. The van der Waals surface area contributed by atoms with E-state index in [0.29, 0.717) is 6.54 Å². The SMILES string of the molecule is CCNCCO.CN(C)CCO.NCCO. The van der Waals surface area contributed by atoms with Crippen molar-refractivity contribution in [2.45, 2.75) is 6.92 Å². The number of aliphatic hydroxyl groups excluding tert-OH is 3. The molecular formula is C10H29N3O3. The van der Waals surface area contributed by atoms with E-state index in [1.165, 1.54) is 0 Å². The first-order valence-electron chi connectivity index (χ1n) is 5.48. The summed E-state index contributed by atoms with van der Waals surface area (Å²) in [5.41, 5.74) is 4.78. The molecule has 0 rings (SSSR count). The van der Waals surface area contributed by atoms with Crippen molar-refractivity contribution in [1.82, 2.24) is 10.2 Å². The molecule has 0 saturated carbocycles. The fourth-order valence-electron chi connectivity index (χ4n) is 0.456. The van der Waals surface area contributed by atoms with E-state index in [2.05, 4.69) is 5.32 Å². The van der Waals surface area contributed by atoms with Crippen molar-refractivity contribution in [3.05, 3.63) is 0 Å². The highest BCUT2D eigenvalue weighted by Gasteiger charge is 1.80. The van der Waals surface area contributed by atoms with E-state index in [-0.39, 0.29) is 19.8 Å². The van der Waals surface area contributed by atoms with Gasteiger partial charge >= 0.3 is 0 Å². The molecule has 6 heteroatoms. The van der Waals surface area contributed by atoms with Gasteiger partial charge < -0.3 is 31.3 Å². The quantitative estimate of drug-likeness (QED) is 0.346. The summed E-state index contributed by atoms with van der Waals surface area (Å²) in [7, 11) is 3.85. The molecule has 0 aromatic rings. The van der Waals surface area contributed by atoms with E-state index in [1.807, 2.05) is 25.9 Å². The van der Waals surface area contributed by atoms with Crippen molar-refractivity contribution in [1.29, 1.82) is 0 Å². The lowest BCUT2D eigenvalue weighted by molar-refractivity contribution is 0.243. The summed E-state index contributed by atoms with van der Waals surface area (Å²) in [5.74, 6) is 0. The van der Waals surface area contributed by atoms with E-state index in [4.69, 9.17) is 21.1 Å². The standard InChI is InChI=1S/2C4H11NO.C2H7NO/c1-5(2)3-4-6;1-2-5-3-4-6;3-1-2-4/h6H,3-4H2,1-2H3;5-6H,2-4H2,1H3;4H,1-3H2. The summed E-state index contributed by atoms with van der Waals surface area (Å²) < 4.78 is 0. The van der Waals surface area contributed by atoms with E-state index in [0.717, 1.165) is 19.6 Å². The largest absolute Gasteiger partial charge is 0.395 e. The molecule has 0 aliphatic rings. The average Bonchev–Trinajstić information content (AvgIpc) is 2.27. The molecule has 0 aromatic heterocycles. The van der Waals surface area contributed by atoms with Crippen molar-refractivity contribution in [3.63, 3.8) is 0 Å². The molecule has 6 nitrogen and oxygen atoms in total. The Morgan fingerprint density at radius 2 is 1.56 bits per heavy atom. The van der Waals surface area contributed by atoms with Gasteiger partial charge in [-0.1, -0.05) is 6.92 Å². The summed E-state index contributed by atoms with van der Waals surface area (Å²) in [6.45, 7) is 5.41. The number of likely N-dealkylation sites (N-methyl/N-ethyl adjacent to an activating group) is 2. The highest BCUT2D eigenvalue weighted by Crippen LogP contribution is 1.66. The third kappa shape index (κ3) is 49.0.